The molecule has 154 valence electrons. The average Bonchev–Trinajstić information content (AvgIpc) is 2.94. The summed E-state index contributed by atoms with van der Waals surface area (Å²) in [7, 11) is 0. The van der Waals surface area contributed by atoms with Crippen molar-refractivity contribution in [1.82, 2.24) is 0 Å². The SMILES string of the molecule is O=C(O)CSCCCSC1C(=O)CC(O)[C@@H]1C=CC(O)COc1ccccc1. The highest BCUT2D eigenvalue weighted by atomic mass is 32.2. The Morgan fingerprint density at radius 1 is 1.29 bits per heavy atom. The van der Waals surface area contributed by atoms with E-state index in [2.05, 4.69) is 0 Å². The number of aliphatic hydroxyl groups is 2. The van der Waals surface area contributed by atoms with Crippen molar-refractivity contribution in [3.63, 3.8) is 0 Å². The van der Waals surface area contributed by atoms with Gasteiger partial charge in [-0.3, -0.25) is 9.59 Å². The Bertz CT molecular complexity index is 651. The molecule has 4 atom stereocenters. The smallest absolute Gasteiger partial charge is 0.313 e. The number of rotatable bonds is 12. The van der Waals surface area contributed by atoms with Crippen molar-refractivity contribution in [2.75, 3.05) is 23.9 Å². The highest BCUT2D eigenvalue weighted by molar-refractivity contribution is 8.01. The summed E-state index contributed by atoms with van der Waals surface area (Å²) in [6.45, 7) is 0.0931. The van der Waals surface area contributed by atoms with Crippen LogP contribution in [0.1, 0.15) is 12.8 Å². The first-order chi connectivity index (χ1) is 13.5. The van der Waals surface area contributed by atoms with E-state index in [9.17, 15) is 19.8 Å². The van der Waals surface area contributed by atoms with Gasteiger partial charge in [0.2, 0.25) is 0 Å². The normalized spacial score (nSPS) is 23.2. The molecule has 1 aliphatic rings. The fraction of sp³-hybridized carbons (Fsp3) is 0.500. The van der Waals surface area contributed by atoms with Crippen molar-refractivity contribution < 1.29 is 29.6 Å². The second kappa shape index (κ2) is 12.2. The third-order valence-corrected chi connectivity index (χ3v) is 6.69. The van der Waals surface area contributed by atoms with E-state index in [4.69, 9.17) is 9.84 Å². The standard InChI is InChI=1S/C20H26O6S2/c21-14(12-26-15-5-2-1-3-6-15)7-8-16-17(22)11-18(23)20(16)28-10-4-9-27-13-19(24)25/h1-3,5-8,14,16-17,20-22H,4,9-13H2,(H,24,25)/t14?,16-,17?,20?/m0/s1. The molecule has 8 heteroatoms. The van der Waals surface area contributed by atoms with Crippen LogP contribution >= 0.6 is 23.5 Å². The molecule has 1 saturated carbocycles. The number of ketones is 1. The molecule has 2 rings (SSSR count). The number of carbonyl (C=O) groups is 2. The molecule has 0 amide bonds. The summed E-state index contributed by atoms with van der Waals surface area (Å²) in [6.07, 6.45) is 2.63. The van der Waals surface area contributed by atoms with Gasteiger partial charge >= 0.3 is 5.97 Å². The van der Waals surface area contributed by atoms with Crippen molar-refractivity contribution in [3.05, 3.63) is 42.5 Å². The number of aliphatic carboxylic acids is 1. The molecule has 3 N–H and O–H groups in total. The topological polar surface area (TPSA) is 104 Å². The lowest BCUT2D eigenvalue weighted by atomic mass is 10.0. The molecular formula is C20H26O6S2. The molecule has 0 aliphatic heterocycles. The molecule has 0 aromatic heterocycles. The van der Waals surface area contributed by atoms with Gasteiger partial charge in [-0.15, -0.1) is 11.8 Å². The molecular weight excluding hydrogens is 400 g/mol. The van der Waals surface area contributed by atoms with Gasteiger partial charge in [0.15, 0.2) is 0 Å². The van der Waals surface area contributed by atoms with Crippen LogP contribution in [0.15, 0.2) is 42.5 Å². The second-order valence-electron chi connectivity index (χ2n) is 6.48. The van der Waals surface area contributed by atoms with Crippen molar-refractivity contribution >= 4 is 35.3 Å². The molecule has 0 radical (unpaired) electrons. The number of ether oxygens (including phenoxy) is 1. The van der Waals surface area contributed by atoms with Crippen LogP contribution in [-0.2, 0) is 9.59 Å². The molecule has 0 heterocycles. The first kappa shape index (κ1) is 22.8. The van der Waals surface area contributed by atoms with E-state index in [1.54, 1.807) is 24.3 Å². The van der Waals surface area contributed by atoms with Gasteiger partial charge < -0.3 is 20.1 Å². The summed E-state index contributed by atoms with van der Waals surface area (Å²) in [5, 5.41) is 28.6. The maximum Gasteiger partial charge on any atom is 0.313 e. The lowest BCUT2D eigenvalue weighted by molar-refractivity contribution is -0.133. The van der Waals surface area contributed by atoms with Crippen molar-refractivity contribution in [1.29, 1.82) is 0 Å². The molecule has 0 saturated heterocycles. The second-order valence-corrected chi connectivity index (χ2v) is 8.84. The number of Topliss-reactive ketones (excluding diaryl/α,β-unsaturated/α-hetero) is 1. The lowest BCUT2D eigenvalue weighted by Crippen LogP contribution is -2.23. The van der Waals surface area contributed by atoms with Gasteiger partial charge in [0.1, 0.15) is 24.2 Å². The van der Waals surface area contributed by atoms with Crippen LogP contribution < -0.4 is 4.74 Å². The third kappa shape index (κ3) is 7.87. The minimum Gasteiger partial charge on any atom is -0.491 e. The van der Waals surface area contributed by atoms with Crippen LogP contribution in [0, 0.1) is 5.92 Å². The van der Waals surface area contributed by atoms with Crippen molar-refractivity contribution in [2.24, 2.45) is 5.92 Å². The summed E-state index contributed by atoms with van der Waals surface area (Å²) < 4.78 is 5.50. The Morgan fingerprint density at radius 2 is 2.04 bits per heavy atom. The van der Waals surface area contributed by atoms with Gasteiger partial charge in [0.25, 0.3) is 0 Å². The molecule has 0 spiro atoms. The quantitative estimate of drug-likeness (QED) is 0.345. The summed E-state index contributed by atoms with van der Waals surface area (Å²) >= 11 is 2.85. The van der Waals surface area contributed by atoms with Crippen LogP contribution in [0.3, 0.4) is 0 Å². The Labute approximate surface area is 173 Å². The van der Waals surface area contributed by atoms with Crippen molar-refractivity contribution in [2.45, 2.75) is 30.3 Å². The molecule has 6 nitrogen and oxygen atoms in total. The van der Waals surface area contributed by atoms with E-state index < -0.39 is 18.2 Å². The van der Waals surface area contributed by atoms with Crippen molar-refractivity contribution in [3.8, 4) is 5.75 Å². The number of para-hydroxylation sites is 1. The monoisotopic (exact) mass is 426 g/mol. The molecule has 1 aromatic rings. The zero-order chi connectivity index (χ0) is 20.4. The van der Waals surface area contributed by atoms with Crippen LogP contribution in [0.25, 0.3) is 0 Å². The Hall–Kier alpha value is -1.48. The number of benzene rings is 1. The fourth-order valence-corrected chi connectivity index (χ4v) is 5.04. The van der Waals surface area contributed by atoms with E-state index in [0.717, 1.165) is 17.9 Å². The van der Waals surface area contributed by atoms with E-state index >= 15 is 0 Å². The first-order valence-corrected chi connectivity index (χ1v) is 11.3. The molecule has 3 unspecified atom stereocenters. The predicted molar refractivity (Wildman–Crippen MR) is 112 cm³/mol. The van der Waals surface area contributed by atoms with Gasteiger partial charge in [0.05, 0.1) is 17.1 Å². The summed E-state index contributed by atoms with van der Waals surface area (Å²) in [5.41, 5.74) is 0. The molecule has 1 fully saturated rings. The Kier molecular flexibility index (Phi) is 9.91. The lowest BCUT2D eigenvalue weighted by Gasteiger charge is -2.17. The number of thioether (sulfide) groups is 2. The van der Waals surface area contributed by atoms with Crippen LogP contribution in [0.5, 0.6) is 5.75 Å². The maximum atomic E-state index is 12.2. The van der Waals surface area contributed by atoms with Crippen LogP contribution in [0.4, 0.5) is 0 Å². The van der Waals surface area contributed by atoms with E-state index in [-0.39, 0.29) is 35.7 Å². The highest BCUT2D eigenvalue weighted by Crippen LogP contribution is 2.34. The zero-order valence-electron chi connectivity index (χ0n) is 15.5. The summed E-state index contributed by atoms with van der Waals surface area (Å²) in [4.78, 5) is 22.7. The number of hydrogen-bond donors (Lipinski definition) is 3. The molecule has 28 heavy (non-hydrogen) atoms. The minimum atomic E-state index is -0.832. The highest BCUT2D eigenvalue weighted by Gasteiger charge is 2.40. The first-order valence-electron chi connectivity index (χ1n) is 9.13. The summed E-state index contributed by atoms with van der Waals surface area (Å²) in [5.74, 6) is 1.04. The molecule has 1 aromatic carbocycles. The van der Waals surface area contributed by atoms with E-state index in [0.29, 0.717) is 5.75 Å². The number of hydrogen-bond acceptors (Lipinski definition) is 7. The van der Waals surface area contributed by atoms with Gasteiger partial charge in [-0.05, 0) is 30.1 Å². The van der Waals surface area contributed by atoms with Gasteiger partial charge in [-0.2, -0.15) is 11.8 Å². The minimum absolute atomic E-state index is 0.0142. The number of carboxylic acid groups (broad SMARTS) is 1. The summed E-state index contributed by atoms with van der Waals surface area (Å²) in [6, 6.07) is 9.18. The van der Waals surface area contributed by atoms with Gasteiger partial charge in [-0.1, -0.05) is 30.4 Å². The fourth-order valence-electron chi connectivity index (χ4n) is 2.85. The molecule has 0 bridgehead atoms. The Morgan fingerprint density at radius 3 is 2.75 bits per heavy atom. The van der Waals surface area contributed by atoms with Gasteiger partial charge in [0, 0.05) is 12.3 Å². The maximum absolute atomic E-state index is 12.2. The zero-order valence-corrected chi connectivity index (χ0v) is 17.1. The third-order valence-electron chi connectivity index (χ3n) is 4.20. The predicted octanol–water partition coefficient (Wildman–Crippen LogP) is 2.24. The molecule has 1 aliphatic carbocycles. The van der Waals surface area contributed by atoms with Crippen LogP contribution in [-0.4, -0.2) is 68.4 Å². The average molecular weight is 427 g/mol. The largest absolute Gasteiger partial charge is 0.491 e. The number of aliphatic hydroxyl groups excluding tert-OH is 2. The number of carboxylic acids is 1. The van der Waals surface area contributed by atoms with Gasteiger partial charge in [-0.25, -0.2) is 0 Å². The van der Waals surface area contributed by atoms with E-state index in [1.807, 2.05) is 18.2 Å². The Balaban J connectivity index is 1.77. The number of carbonyl (C=O) groups excluding carboxylic acids is 1. The van der Waals surface area contributed by atoms with E-state index in [1.165, 1.54) is 23.5 Å². The van der Waals surface area contributed by atoms with Crippen LogP contribution in [0.2, 0.25) is 0 Å².